The number of hydrogen-bond donors (Lipinski definition) is 3. The van der Waals surface area contributed by atoms with Gasteiger partial charge in [-0.3, -0.25) is 15.0 Å². The lowest BCUT2D eigenvalue weighted by atomic mass is 10.1. The minimum atomic E-state index is -0.873. The van der Waals surface area contributed by atoms with Crippen LogP contribution in [0.1, 0.15) is 11.1 Å². The van der Waals surface area contributed by atoms with Gasteiger partial charge in [-0.2, -0.15) is 0 Å². The molecular formula is C11H12BrN3O3. The van der Waals surface area contributed by atoms with E-state index in [0.29, 0.717) is 6.61 Å². The summed E-state index contributed by atoms with van der Waals surface area (Å²) in [5.41, 5.74) is 3.70. The number of nitrogens with one attached hydrogen (secondary N) is 2. The zero-order chi connectivity index (χ0) is 13.1. The highest BCUT2D eigenvalue weighted by molar-refractivity contribution is 9.10. The summed E-state index contributed by atoms with van der Waals surface area (Å²) in [5, 5.41) is 2.47. The van der Waals surface area contributed by atoms with E-state index < -0.39 is 11.8 Å². The van der Waals surface area contributed by atoms with Gasteiger partial charge in [0.15, 0.2) is 0 Å². The van der Waals surface area contributed by atoms with Crippen molar-refractivity contribution in [2.24, 2.45) is 5.84 Å². The van der Waals surface area contributed by atoms with Gasteiger partial charge in [0.1, 0.15) is 5.75 Å². The van der Waals surface area contributed by atoms with Crippen LogP contribution >= 0.6 is 15.9 Å². The number of amides is 2. The first-order valence-corrected chi connectivity index (χ1v) is 6.14. The molecule has 96 valence electrons. The molecule has 2 rings (SSSR count). The van der Waals surface area contributed by atoms with E-state index in [9.17, 15) is 9.59 Å². The van der Waals surface area contributed by atoms with Crippen LogP contribution in [0, 0.1) is 0 Å². The van der Waals surface area contributed by atoms with E-state index in [2.05, 4.69) is 21.2 Å². The van der Waals surface area contributed by atoms with Crippen LogP contribution in [-0.4, -0.2) is 18.4 Å². The van der Waals surface area contributed by atoms with Gasteiger partial charge in [0.2, 0.25) is 0 Å². The van der Waals surface area contributed by atoms with Crippen molar-refractivity contribution in [3.8, 4) is 5.75 Å². The van der Waals surface area contributed by atoms with Crippen LogP contribution in [0.3, 0.4) is 0 Å². The van der Waals surface area contributed by atoms with Gasteiger partial charge in [0.05, 0.1) is 6.61 Å². The predicted octanol–water partition coefficient (Wildman–Crippen LogP) is -0.00990. The second-order valence-electron chi connectivity index (χ2n) is 3.81. The monoisotopic (exact) mass is 313 g/mol. The number of nitrogens with two attached hydrogens (primary N) is 1. The number of benzene rings is 1. The van der Waals surface area contributed by atoms with Gasteiger partial charge >= 0.3 is 11.8 Å². The van der Waals surface area contributed by atoms with Crippen molar-refractivity contribution in [1.82, 2.24) is 10.7 Å². The van der Waals surface area contributed by atoms with E-state index in [1.54, 1.807) is 5.43 Å². The molecule has 0 saturated heterocycles. The highest BCUT2D eigenvalue weighted by atomic mass is 79.9. The Morgan fingerprint density at radius 1 is 1.39 bits per heavy atom. The van der Waals surface area contributed by atoms with Gasteiger partial charge in [-0.05, 0) is 17.7 Å². The van der Waals surface area contributed by atoms with Gasteiger partial charge in [-0.15, -0.1) is 0 Å². The molecule has 0 saturated carbocycles. The molecule has 1 heterocycles. The smallest absolute Gasteiger partial charge is 0.323 e. The summed E-state index contributed by atoms with van der Waals surface area (Å²) in [6, 6.07) is 3.84. The maximum absolute atomic E-state index is 11.3. The zero-order valence-corrected chi connectivity index (χ0v) is 11.0. The fourth-order valence-corrected chi connectivity index (χ4v) is 2.35. The lowest BCUT2D eigenvalue weighted by Crippen LogP contribution is -2.42. The largest absolute Gasteiger partial charge is 0.493 e. The molecule has 0 atom stereocenters. The molecule has 0 fully saturated rings. The molecule has 18 heavy (non-hydrogen) atoms. The maximum atomic E-state index is 11.3. The maximum Gasteiger partial charge on any atom is 0.323 e. The fraction of sp³-hybridized carbons (Fsp3) is 0.273. The number of carbonyl (C=O) groups is 2. The van der Waals surface area contributed by atoms with E-state index in [-0.39, 0.29) is 6.54 Å². The summed E-state index contributed by atoms with van der Waals surface area (Å²) >= 11 is 3.40. The SMILES string of the molecule is NNC(=O)C(=O)NCc1cc(Br)cc2c1OCC2. The van der Waals surface area contributed by atoms with Gasteiger partial charge in [0.25, 0.3) is 0 Å². The Labute approximate surface area is 112 Å². The van der Waals surface area contributed by atoms with Crippen LogP contribution in [0.25, 0.3) is 0 Å². The number of fused-ring (bicyclic) bond motifs is 1. The van der Waals surface area contributed by atoms with Gasteiger partial charge < -0.3 is 10.1 Å². The second kappa shape index (κ2) is 5.36. The molecule has 0 bridgehead atoms. The third-order valence-corrected chi connectivity index (χ3v) is 3.06. The Kier molecular flexibility index (Phi) is 3.83. The molecule has 6 nitrogen and oxygen atoms in total. The Balaban J connectivity index is 2.11. The normalized spacial score (nSPS) is 12.6. The number of rotatable bonds is 2. The number of hydrogen-bond acceptors (Lipinski definition) is 4. The zero-order valence-electron chi connectivity index (χ0n) is 9.46. The Hall–Kier alpha value is -1.60. The van der Waals surface area contributed by atoms with Crippen molar-refractivity contribution in [2.45, 2.75) is 13.0 Å². The molecule has 0 spiro atoms. The van der Waals surface area contributed by atoms with Crippen LogP contribution in [0.4, 0.5) is 0 Å². The average molecular weight is 314 g/mol. The van der Waals surface area contributed by atoms with Crippen molar-refractivity contribution < 1.29 is 14.3 Å². The first-order chi connectivity index (χ1) is 8.61. The Morgan fingerprint density at radius 3 is 2.89 bits per heavy atom. The van der Waals surface area contributed by atoms with Crippen molar-refractivity contribution in [1.29, 1.82) is 0 Å². The molecule has 1 aromatic carbocycles. The van der Waals surface area contributed by atoms with Crippen LogP contribution in [0.15, 0.2) is 16.6 Å². The summed E-state index contributed by atoms with van der Waals surface area (Å²) in [6.45, 7) is 0.851. The molecule has 7 heteroatoms. The molecule has 0 aromatic heterocycles. The van der Waals surface area contributed by atoms with E-state index in [1.165, 1.54) is 0 Å². The molecule has 0 unspecified atom stereocenters. The molecule has 1 aliphatic rings. The van der Waals surface area contributed by atoms with E-state index in [1.807, 2.05) is 12.1 Å². The van der Waals surface area contributed by atoms with Crippen molar-refractivity contribution in [2.75, 3.05) is 6.61 Å². The molecule has 1 aliphatic heterocycles. The average Bonchev–Trinajstić information content (AvgIpc) is 2.82. The summed E-state index contributed by atoms with van der Waals surface area (Å²) in [4.78, 5) is 22.2. The number of carbonyl (C=O) groups excluding carboxylic acids is 2. The van der Waals surface area contributed by atoms with Crippen molar-refractivity contribution in [3.05, 3.63) is 27.7 Å². The quantitative estimate of drug-likeness (QED) is 0.310. The van der Waals surface area contributed by atoms with Crippen molar-refractivity contribution >= 4 is 27.7 Å². The number of halogens is 1. The van der Waals surface area contributed by atoms with E-state index in [4.69, 9.17) is 10.6 Å². The molecule has 2 amide bonds. The summed E-state index contributed by atoms with van der Waals surface area (Å²) in [5.74, 6) is 4.00. The van der Waals surface area contributed by atoms with Crippen LogP contribution in [0.5, 0.6) is 5.75 Å². The first-order valence-electron chi connectivity index (χ1n) is 5.34. The number of ether oxygens (including phenoxy) is 1. The van der Waals surface area contributed by atoms with Gasteiger partial charge in [0, 0.05) is 23.0 Å². The molecule has 0 aliphatic carbocycles. The summed E-state index contributed by atoms with van der Waals surface area (Å²) in [6.07, 6.45) is 0.846. The Morgan fingerprint density at radius 2 is 2.17 bits per heavy atom. The molecular weight excluding hydrogens is 302 g/mol. The lowest BCUT2D eigenvalue weighted by Gasteiger charge is -2.09. The molecule has 4 N–H and O–H groups in total. The van der Waals surface area contributed by atoms with Crippen molar-refractivity contribution in [3.63, 3.8) is 0 Å². The topological polar surface area (TPSA) is 93.5 Å². The van der Waals surface area contributed by atoms with Gasteiger partial charge in [-0.25, -0.2) is 5.84 Å². The highest BCUT2D eigenvalue weighted by Gasteiger charge is 2.18. The van der Waals surface area contributed by atoms with E-state index in [0.717, 1.165) is 27.8 Å². The van der Waals surface area contributed by atoms with E-state index >= 15 is 0 Å². The van der Waals surface area contributed by atoms with Gasteiger partial charge in [-0.1, -0.05) is 15.9 Å². The first kappa shape index (κ1) is 12.8. The second-order valence-corrected chi connectivity index (χ2v) is 4.72. The highest BCUT2D eigenvalue weighted by Crippen LogP contribution is 2.32. The lowest BCUT2D eigenvalue weighted by molar-refractivity contribution is -0.139. The third kappa shape index (κ3) is 2.62. The summed E-state index contributed by atoms with van der Waals surface area (Å²) in [7, 11) is 0. The molecule has 1 aromatic rings. The summed E-state index contributed by atoms with van der Waals surface area (Å²) < 4.78 is 6.42. The van der Waals surface area contributed by atoms with Crippen LogP contribution in [0.2, 0.25) is 0 Å². The molecule has 0 radical (unpaired) electrons. The minimum absolute atomic E-state index is 0.216. The standard InChI is InChI=1S/C11H12BrN3O3/c12-8-3-6-1-2-18-9(6)7(4-8)5-14-10(16)11(17)15-13/h3-4H,1-2,5,13H2,(H,14,16)(H,15,17). The minimum Gasteiger partial charge on any atom is -0.493 e. The van der Waals surface area contributed by atoms with Crippen LogP contribution in [-0.2, 0) is 22.6 Å². The number of hydrazine groups is 1. The third-order valence-electron chi connectivity index (χ3n) is 2.60. The van der Waals surface area contributed by atoms with Crippen LogP contribution < -0.4 is 21.3 Å². The Bertz CT molecular complexity index is 505. The predicted molar refractivity (Wildman–Crippen MR) is 67.5 cm³/mol. The fourth-order valence-electron chi connectivity index (χ4n) is 1.80.